The van der Waals surface area contributed by atoms with Crippen LogP contribution in [0, 0.1) is 5.92 Å². The second-order valence-electron chi connectivity index (χ2n) is 4.49. The van der Waals surface area contributed by atoms with Gasteiger partial charge in [0.1, 0.15) is 0 Å². The highest BCUT2D eigenvalue weighted by Crippen LogP contribution is 2.38. The Labute approximate surface area is 117 Å². The molecule has 0 aromatic heterocycles. The zero-order valence-corrected chi connectivity index (χ0v) is 12.2. The van der Waals surface area contributed by atoms with Gasteiger partial charge in [0, 0.05) is 15.9 Å². The Balaban J connectivity index is 2.10. The van der Waals surface area contributed by atoms with Crippen LogP contribution in [0.15, 0.2) is 27.6 Å². The van der Waals surface area contributed by atoms with E-state index in [9.17, 15) is 13.2 Å². The first-order valence-corrected chi connectivity index (χ1v) is 7.19. The van der Waals surface area contributed by atoms with E-state index in [0.29, 0.717) is 15.3 Å². The van der Waals surface area contributed by atoms with Crippen LogP contribution >= 0.6 is 27.9 Å². The van der Waals surface area contributed by atoms with E-state index < -0.39 is 11.7 Å². The average molecular weight is 340 g/mol. The lowest BCUT2D eigenvalue weighted by Gasteiger charge is -2.17. The average Bonchev–Trinajstić information content (AvgIpc) is 3.03. The lowest BCUT2D eigenvalue weighted by Crippen LogP contribution is -2.12. The minimum Gasteiger partial charge on any atom is -0.249 e. The fraction of sp³-hybridized carbons (Fsp3) is 0.500. The van der Waals surface area contributed by atoms with Gasteiger partial charge >= 0.3 is 6.18 Å². The van der Waals surface area contributed by atoms with Crippen molar-refractivity contribution in [3.8, 4) is 0 Å². The quantitative estimate of drug-likeness (QED) is 0.723. The summed E-state index contributed by atoms with van der Waals surface area (Å²) < 4.78 is 40.6. The molecule has 6 heteroatoms. The Morgan fingerprint density at radius 1 is 1.39 bits per heavy atom. The van der Waals surface area contributed by atoms with Crippen molar-refractivity contribution in [1.82, 2.24) is 4.31 Å². The van der Waals surface area contributed by atoms with E-state index in [-0.39, 0.29) is 0 Å². The van der Waals surface area contributed by atoms with Gasteiger partial charge in [-0.05, 0) is 71.9 Å². The monoisotopic (exact) mass is 339 g/mol. The third-order valence-corrected chi connectivity index (χ3v) is 4.67. The Bertz CT molecular complexity index is 432. The van der Waals surface area contributed by atoms with Crippen molar-refractivity contribution in [2.45, 2.75) is 23.9 Å². The van der Waals surface area contributed by atoms with E-state index in [1.54, 1.807) is 0 Å². The lowest BCUT2D eigenvalue weighted by atomic mass is 10.2. The molecule has 2 rings (SSSR count). The zero-order valence-electron chi connectivity index (χ0n) is 9.80. The summed E-state index contributed by atoms with van der Waals surface area (Å²) in [7, 11) is 1.91. The molecule has 0 saturated heterocycles. The molecular weight excluding hydrogens is 327 g/mol. The number of rotatable bonds is 4. The van der Waals surface area contributed by atoms with Crippen LogP contribution in [-0.2, 0) is 6.18 Å². The maximum absolute atomic E-state index is 12.6. The lowest BCUT2D eigenvalue weighted by molar-refractivity contribution is -0.137. The van der Waals surface area contributed by atoms with Crippen LogP contribution in [0.2, 0.25) is 0 Å². The van der Waals surface area contributed by atoms with Crippen molar-refractivity contribution in [2.24, 2.45) is 5.92 Å². The molecule has 1 aliphatic carbocycles. The van der Waals surface area contributed by atoms with E-state index in [4.69, 9.17) is 0 Å². The number of hydrogen-bond donors (Lipinski definition) is 0. The Kier molecular flexibility index (Phi) is 4.29. The predicted molar refractivity (Wildman–Crippen MR) is 70.4 cm³/mol. The molecule has 1 nitrogen and oxygen atoms in total. The summed E-state index contributed by atoms with van der Waals surface area (Å²) in [5, 5.41) is 0. The van der Waals surface area contributed by atoms with Crippen LogP contribution in [0.25, 0.3) is 0 Å². The van der Waals surface area contributed by atoms with Crippen LogP contribution in [-0.4, -0.2) is 17.9 Å². The summed E-state index contributed by atoms with van der Waals surface area (Å²) in [6.07, 6.45) is -1.83. The minimum absolute atomic E-state index is 0.604. The Morgan fingerprint density at radius 2 is 2.06 bits per heavy atom. The molecule has 0 heterocycles. The number of nitrogens with zero attached hydrogens (tertiary/aromatic N) is 1. The first-order valence-electron chi connectivity index (χ1n) is 5.62. The second-order valence-corrected chi connectivity index (χ2v) is 6.59. The molecule has 0 bridgehead atoms. The second kappa shape index (κ2) is 5.43. The van der Waals surface area contributed by atoms with Crippen molar-refractivity contribution in [3.63, 3.8) is 0 Å². The van der Waals surface area contributed by atoms with Gasteiger partial charge in [-0.25, -0.2) is 4.31 Å². The van der Waals surface area contributed by atoms with Crippen molar-refractivity contribution in [3.05, 3.63) is 28.2 Å². The smallest absolute Gasteiger partial charge is 0.249 e. The van der Waals surface area contributed by atoms with Gasteiger partial charge in [0.15, 0.2) is 0 Å². The van der Waals surface area contributed by atoms with Gasteiger partial charge in [0.25, 0.3) is 0 Å². The highest BCUT2D eigenvalue weighted by atomic mass is 79.9. The molecular formula is C12H13BrF3NS. The van der Waals surface area contributed by atoms with Crippen LogP contribution in [0.3, 0.4) is 0 Å². The van der Waals surface area contributed by atoms with Crippen LogP contribution in [0.1, 0.15) is 18.4 Å². The fourth-order valence-corrected chi connectivity index (χ4v) is 3.04. The minimum atomic E-state index is -4.29. The van der Waals surface area contributed by atoms with Crippen molar-refractivity contribution >= 4 is 27.9 Å². The summed E-state index contributed by atoms with van der Waals surface area (Å²) in [6.45, 7) is 0.924. The molecule has 1 saturated carbocycles. The molecule has 0 spiro atoms. The van der Waals surface area contributed by atoms with Crippen molar-refractivity contribution < 1.29 is 13.2 Å². The van der Waals surface area contributed by atoms with Crippen LogP contribution < -0.4 is 0 Å². The first kappa shape index (κ1) is 14.2. The first-order chi connectivity index (χ1) is 8.36. The fourth-order valence-electron chi connectivity index (χ4n) is 1.62. The van der Waals surface area contributed by atoms with Gasteiger partial charge in [-0.1, -0.05) is 0 Å². The molecule has 1 aromatic rings. The Hall–Kier alpha value is -0.200. The molecule has 0 radical (unpaired) electrons. The standard InChI is InChI=1S/C12H13BrF3NS/c1-17(7-8-2-3-8)18-11-6-9(12(14,15)16)4-5-10(11)13/h4-6,8H,2-3,7H2,1H3. The van der Waals surface area contributed by atoms with Gasteiger partial charge in [-0.3, -0.25) is 0 Å². The summed E-state index contributed by atoms with van der Waals surface area (Å²) in [5.74, 6) is 0.715. The molecule has 0 N–H and O–H groups in total. The molecule has 0 unspecified atom stereocenters. The number of halogens is 4. The zero-order chi connectivity index (χ0) is 13.3. The molecule has 0 atom stereocenters. The molecule has 1 aliphatic rings. The molecule has 1 fully saturated rings. The van der Waals surface area contributed by atoms with Crippen molar-refractivity contribution in [2.75, 3.05) is 13.6 Å². The predicted octanol–water partition coefficient (Wildman–Crippen LogP) is 4.82. The van der Waals surface area contributed by atoms with E-state index in [1.165, 1.54) is 36.9 Å². The summed E-state index contributed by atoms with van der Waals surface area (Å²) in [4.78, 5) is 0.605. The summed E-state index contributed by atoms with van der Waals surface area (Å²) in [5.41, 5.74) is -0.604. The molecule has 18 heavy (non-hydrogen) atoms. The third kappa shape index (κ3) is 3.90. The molecule has 0 aliphatic heterocycles. The third-order valence-electron chi connectivity index (χ3n) is 2.72. The van der Waals surface area contributed by atoms with E-state index in [1.807, 2.05) is 11.4 Å². The van der Waals surface area contributed by atoms with Gasteiger partial charge in [-0.2, -0.15) is 13.2 Å². The number of hydrogen-bond acceptors (Lipinski definition) is 2. The van der Waals surface area contributed by atoms with Gasteiger partial charge in [0.2, 0.25) is 0 Å². The van der Waals surface area contributed by atoms with E-state index >= 15 is 0 Å². The summed E-state index contributed by atoms with van der Waals surface area (Å²) in [6, 6.07) is 3.74. The van der Waals surface area contributed by atoms with Crippen LogP contribution in [0.4, 0.5) is 13.2 Å². The van der Waals surface area contributed by atoms with Gasteiger partial charge in [-0.15, -0.1) is 0 Å². The molecule has 0 amide bonds. The largest absolute Gasteiger partial charge is 0.416 e. The highest BCUT2D eigenvalue weighted by molar-refractivity contribution is 9.10. The maximum atomic E-state index is 12.6. The van der Waals surface area contributed by atoms with Gasteiger partial charge < -0.3 is 0 Å². The van der Waals surface area contributed by atoms with Crippen LogP contribution in [0.5, 0.6) is 0 Å². The van der Waals surface area contributed by atoms with Gasteiger partial charge in [0.05, 0.1) is 5.56 Å². The molecule has 100 valence electrons. The van der Waals surface area contributed by atoms with Crippen molar-refractivity contribution in [1.29, 1.82) is 0 Å². The highest BCUT2D eigenvalue weighted by Gasteiger charge is 2.31. The Morgan fingerprint density at radius 3 is 2.61 bits per heavy atom. The maximum Gasteiger partial charge on any atom is 0.416 e. The SMILES string of the molecule is CN(CC1CC1)Sc1cc(C(F)(F)F)ccc1Br. The number of alkyl halides is 3. The normalized spacial score (nSPS) is 16.3. The summed E-state index contributed by atoms with van der Waals surface area (Å²) >= 11 is 4.65. The molecule has 1 aromatic carbocycles. The topological polar surface area (TPSA) is 3.24 Å². The van der Waals surface area contributed by atoms with E-state index in [2.05, 4.69) is 15.9 Å². The van der Waals surface area contributed by atoms with E-state index in [0.717, 1.165) is 12.6 Å². The number of benzene rings is 1.